The fraction of sp³-hybridized carbons (Fsp3) is 0. The van der Waals surface area contributed by atoms with Crippen LogP contribution in [-0.4, -0.2) is 0 Å². The average molecular weight is 369 g/mol. The van der Waals surface area contributed by atoms with E-state index in [4.69, 9.17) is 0 Å². The van der Waals surface area contributed by atoms with E-state index in [9.17, 15) is 0 Å². The normalized spacial score (nSPS) is 11.1. The van der Waals surface area contributed by atoms with Gasteiger partial charge >= 0.3 is 0 Å². The number of hydrogen-bond donors (Lipinski definition) is 0. The summed E-state index contributed by atoms with van der Waals surface area (Å²) in [4.78, 5) is 0. The van der Waals surface area contributed by atoms with Crippen molar-refractivity contribution in [1.29, 1.82) is 0 Å². The molecule has 6 aromatic rings. The molecule has 0 atom stereocenters. The first-order valence-electron chi connectivity index (χ1n) is 8.63. The summed E-state index contributed by atoms with van der Waals surface area (Å²) in [7, 11) is 0. The number of benzene rings is 4. The van der Waals surface area contributed by atoms with E-state index in [-0.39, 0.29) is 0 Å². The van der Waals surface area contributed by atoms with E-state index in [1.54, 1.807) is 0 Å². The molecule has 26 heavy (non-hydrogen) atoms. The molecule has 0 nitrogen and oxygen atoms in total. The van der Waals surface area contributed by atoms with Gasteiger partial charge in [-0.2, -0.15) is 0 Å². The van der Waals surface area contributed by atoms with Gasteiger partial charge in [0, 0.05) is 40.3 Å². The van der Waals surface area contributed by atoms with Gasteiger partial charge in [0.15, 0.2) is 0 Å². The second kappa shape index (κ2) is 6.56. The molecule has 2 heterocycles. The third-order valence-electron chi connectivity index (χ3n) is 4.57. The van der Waals surface area contributed by atoms with Gasteiger partial charge in [-0.1, -0.05) is 72.8 Å². The van der Waals surface area contributed by atoms with E-state index >= 15 is 0 Å². The molecule has 124 valence electrons. The number of hydrogen-bond acceptors (Lipinski definition) is 2. The van der Waals surface area contributed by atoms with Crippen LogP contribution in [0.15, 0.2) is 97.1 Å². The predicted molar refractivity (Wildman–Crippen MR) is 119 cm³/mol. The minimum Gasteiger partial charge on any atom is -0.135 e. The zero-order valence-corrected chi connectivity index (χ0v) is 15.7. The van der Waals surface area contributed by atoms with Gasteiger partial charge in [0.05, 0.1) is 0 Å². The molecule has 0 radical (unpaired) electrons. The molecule has 0 unspecified atom stereocenters. The Balaban J connectivity index is 0.000000115. The Bertz CT molecular complexity index is 1130. The molecule has 0 spiro atoms. The van der Waals surface area contributed by atoms with Crippen LogP contribution >= 0.6 is 22.7 Å². The molecule has 0 fully saturated rings. The van der Waals surface area contributed by atoms with E-state index in [2.05, 4.69) is 97.1 Å². The lowest BCUT2D eigenvalue weighted by atomic mass is 10.2. The zero-order chi connectivity index (χ0) is 17.3. The molecule has 0 aliphatic heterocycles. The van der Waals surface area contributed by atoms with Crippen molar-refractivity contribution in [2.75, 3.05) is 0 Å². The predicted octanol–water partition coefficient (Wildman–Crippen LogP) is 8.11. The van der Waals surface area contributed by atoms with Gasteiger partial charge in [0.2, 0.25) is 0 Å². The molecule has 0 N–H and O–H groups in total. The van der Waals surface area contributed by atoms with Crippen molar-refractivity contribution in [3.63, 3.8) is 0 Å². The van der Waals surface area contributed by atoms with Crippen LogP contribution in [0.2, 0.25) is 0 Å². The maximum atomic E-state index is 2.19. The summed E-state index contributed by atoms with van der Waals surface area (Å²) in [5, 5.41) is 5.51. The first-order chi connectivity index (χ1) is 12.9. The molecule has 0 amide bonds. The SMILES string of the molecule is c1ccc2c(c1)sc1ccccc12.c1ccc2c(c1)sc1ccccc12. The molecule has 0 aliphatic rings. The quantitative estimate of drug-likeness (QED) is 0.254. The largest absolute Gasteiger partial charge is 0.135 e. The van der Waals surface area contributed by atoms with Crippen LogP contribution in [0.25, 0.3) is 40.3 Å². The lowest BCUT2D eigenvalue weighted by molar-refractivity contribution is 1.84. The summed E-state index contributed by atoms with van der Waals surface area (Å²) in [5.41, 5.74) is 0. The van der Waals surface area contributed by atoms with Crippen molar-refractivity contribution in [2.45, 2.75) is 0 Å². The summed E-state index contributed by atoms with van der Waals surface area (Å²) >= 11 is 3.72. The first kappa shape index (κ1) is 15.6. The molecule has 2 aromatic heterocycles. The lowest BCUT2D eigenvalue weighted by Gasteiger charge is -1.88. The fourth-order valence-corrected chi connectivity index (χ4v) is 5.56. The Kier molecular flexibility index (Phi) is 3.93. The second-order valence-electron chi connectivity index (χ2n) is 6.19. The van der Waals surface area contributed by atoms with Crippen molar-refractivity contribution < 1.29 is 0 Å². The third kappa shape index (κ3) is 2.68. The van der Waals surface area contributed by atoms with Crippen molar-refractivity contribution >= 4 is 63.0 Å². The summed E-state index contributed by atoms with van der Waals surface area (Å²) in [5.74, 6) is 0. The highest BCUT2D eigenvalue weighted by atomic mass is 32.1. The maximum absolute atomic E-state index is 2.19. The fourth-order valence-electron chi connectivity index (χ4n) is 3.35. The van der Waals surface area contributed by atoms with Crippen molar-refractivity contribution in [3.05, 3.63) is 97.1 Å². The molecule has 2 heteroatoms. The van der Waals surface area contributed by atoms with Gasteiger partial charge in [-0.05, 0) is 24.3 Å². The van der Waals surface area contributed by atoms with Gasteiger partial charge in [-0.25, -0.2) is 0 Å². The monoisotopic (exact) mass is 368 g/mol. The molecular weight excluding hydrogens is 352 g/mol. The summed E-state index contributed by atoms with van der Waals surface area (Å²) in [6.07, 6.45) is 0. The van der Waals surface area contributed by atoms with E-state index in [0.717, 1.165) is 0 Å². The Morgan fingerprint density at radius 2 is 0.538 bits per heavy atom. The number of thiophene rings is 2. The first-order valence-corrected chi connectivity index (χ1v) is 10.3. The van der Waals surface area contributed by atoms with Crippen molar-refractivity contribution in [2.24, 2.45) is 0 Å². The summed E-state index contributed by atoms with van der Waals surface area (Å²) < 4.78 is 5.51. The van der Waals surface area contributed by atoms with Crippen LogP contribution in [-0.2, 0) is 0 Å². The summed E-state index contributed by atoms with van der Waals surface area (Å²) in [6.45, 7) is 0. The van der Waals surface area contributed by atoms with Gasteiger partial charge in [0.25, 0.3) is 0 Å². The maximum Gasteiger partial charge on any atom is 0.0355 e. The topological polar surface area (TPSA) is 0 Å². The van der Waals surface area contributed by atoms with Crippen LogP contribution < -0.4 is 0 Å². The molecule has 0 saturated heterocycles. The lowest BCUT2D eigenvalue weighted by Crippen LogP contribution is -1.62. The Morgan fingerprint density at radius 3 is 0.808 bits per heavy atom. The van der Waals surface area contributed by atoms with Gasteiger partial charge in [0.1, 0.15) is 0 Å². The van der Waals surface area contributed by atoms with Gasteiger partial charge < -0.3 is 0 Å². The smallest absolute Gasteiger partial charge is 0.0355 e. The van der Waals surface area contributed by atoms with E-state index in [1.807, 2.05) is 22.7 Å². The van der Waals surface area contributed by atoms with Crippen LogP contribution in [0.5, 0.6) is 0 Å². The van der Waals surface area contributed by atoms with E-state index in [1.165, 1.54) is 40.3 Å². The van der Waals surface area contributed by atoms with Crippen LogP contribution in [0.4, 0.5) is 0 Å². The minimum absolute atomic E-state index is 1.38. The molecule has 0 saturated carbocycles. The number of fused-ring (bicyclic) bond motifs is 6. The summed E-state index contributed by atoms with van der Waals surface area (Å²) in [6, 6.07) is 34.3. The molecular formula is C24H16S2. The molecule has 4 aromatic carbocycles. The molecule has 6 rings (SSSR count). The highest BCUT2D eigenvalue weighted by Crippen LogP contribution is 2.33. The van der Waals surface area contributed by atoms with E-state index in [0.29, 0.717) is 0 Å². The average Bonchev–Trinajstić information content (AvgIpc) is 3.27. The highest BCUT2D eigenvalue weighted by molar-refractivity contribution is 7.26. The van der Waals surface area contributed by atoms with E-state index < -0.39 is 0 Å². The third-order valence-corrected chi connectivity index (χ3v) is 6.87. The molecule has 0 bridgehead atoms. The Labute approximate surface area is 160 Å². The van der Waals surface area contributed by atoms with Crippen LogP contribution in [0.1, 0.15) is 0 Å². The van der Waals surface area contributed by atoms with Crippen molar-refractivity contribution in [3.8, 4) is 0 Å². The van der Waals surface area contributed by atoms with Gasteiger partial charge in [-0.3, -0.25) is 0 Å². The standard InChI is InChI=1S/2C12H8S/c2*1-3-7-11-9(5-1)10-6-2-4-8-12(10)13-11/h2*1-8H. The van der Waals surface area contributed by atoms with Crippen LogP contribution in [0, 0.1) is 0 Å². The zero-order valence-electron chi connectivity index (χ0n) is 14.1. The Hall–Kier alpha value is -2.68. The number of rotatable bonds is 0. The highest BCUT2D eigenvalue weighted by Gasteiger charge is 2.02. The van der Waals surface area contributed by atoms with Crippen molar-refractivity contribution in [1.82, 2.24) is 0 Å². The molecule has 0 aliphatic carbocycles. The van der Waals surface area contributed by atoms with Crippen LogP contribution in [0.3, 0.4) is 0 Å². The second-order valence-corrected chi connectivity index (χ2v) is 8.36. The Morgan fingerprint density at radius 1 is 0.308 bits per heavy atom. The van der Waals surface area contributed by atoms with Gasteiger partial charge in [-0.15, -0.1) is 22.7 Å². The minimum atomic E-state index is 1.38.